The lowest BCUT2D eigenvalue weighted by molar-refractivity contribution is 1.10. The van der Waals surface area contributed by atoms with Crippen molar-refractivity contribution >= 4 is 25.3 Å². The first-order valence-corrected chi connectivity index (χ1v) is 4.13. The van der Waals surface area contributed by atoms with Crippen molar-refractivity contribution in [1.82, 2.24) is 0 Å². The summed E-state index contributed by atoms with van der Waals surface area (Å²) in [6.07, 6.45) is 1.04. The Morgan fingerprint density at radius 3 is 2.00 bits per heavy atom. The minimum Gasteiger partial charge on any atom is -0.143 e. The van der Waals surface area contributed by atoms with Crippen LogP contribution in [0.4, 0.5) is 0 Å². The van der Waals surface area contributed by atoms with Gasteiger partial charge in [-0.1, -0.05) is 6.92 Å². The van der Waals surface area contributed by atoms with Gasteiger partial charge >= 0.3 is 0 Å². The maximum Gasteiger partial charge on any atom is 0.00537 e. The van der Waals surface area contributed by atoms with E-state index in [1.807, 2.05) is 6.07 Å². The molecule has 10 heavy (non-hydrogen) atoms. The van der Waals surface area contributed by atoms with Crippen molar-refractivity contribution in [1.29, 1.82) is 0 Å². The Balaban J connectivity index is 3.06. The predicted molar refractivity (Wildman–Crippen MR) is 50.3 cm³/mol. The van der Waals surface area contributed by atoms with Crippen molar-refractivity contribution in [2.24, 2.45) is 0 Å². The van der Waals surface area contributed by atoms with Gasteiger partial charge in [-0.2, -0.15) is 0 Å². The lowest BCUT2D eigenvalue weighted by Gasteiger charge is -1.99. The van der Waals surface area contributed by atoms with Crippen LogP contribution in [0.25, 0.3) is 0 Å². The lowest BCUT2D eigenvalue weighted by Crippen LogP contribution is -1.79. The van der Waals surface area contributed by atoms with E-state index >= 15 is 0 Å². The second-order valence-electron chi connectivity index (χ2n) is 2.21. The fourth-order valence-electron chi connectivity index (χ4n) is 0.861. The third-order valence-electron chi connectivity index (χ3n) is 1.37. The fourth-order valence-corrected chi connectivity index (χ4v) is 1.57. The summed E-state index contributed by atoms with van der Waals surface area (Å²) in [6.45, 7) is 2.12. The van der Waals surface area contributed by atoms with E-state index in [0.717, 1.165) is 16.2 Å². The summed E-state index contributed by atoms with van der Waals surface area (Å²) < 4.78 is 0. The lowest BCUT2D eigenvalue weighted by atomic mass is 10.2. The summed E-state index contributed by atoms with van der Waals surface area (Å²) in [7, 11) is 0. The molecule has 0 spiro atoms. The molecule has 0 aliphatic rings. The third kappa shape index (κ3) is 1.96. The molecule has 0 aromatic heterocycles. The van der Waals surface area contributed by atoms with E-state index in [9.17, 15) is 0 Å². The molecular formula is C8H10S2. The Hall–Kier alpha value is -0.0800. The molecule has 2 heteroatoms. The summed E-state index contributed by atoms with van der Waals surface area (Å²) in [5.41, 5.74) is 1.29. The molecule has 1 aromatic carbocycles. The zero-order chi connectivity index (χ0) is 7.56. The van der Waals surface area contributed by atoms with Gasteiger partial charge in [0, 0.05) is 9.79 Å². The smallest absolute Gasteiger partial charge is 0.00537 e. The van der Waals surface area contributed by atoms with Gasteiger partial charge in [0.15, 0.2) is 0 Å². The molecule has 0 aliphatic carbocycles. The number of benzene rings is 1. The number of rotatable bonds is 1. The summed E-state index contributed by atoms with van der Waals surface area (Å²) in [4.78, 5) is 1.98. The van der Waals surface area contributed by atoms with Crippen molar-refractivity contribution in [2.45, 2.75) is 23.1 Å². The minimum absolute atomic E-state index is 0.990. The first kappa shape index (κ1) is 8.02. The molecule has 0 saturated heterocycles. The van der Waals surface area contributed by atoms with Gasteiger partial charge in [0.2, 0.25) is 0 Å². The Morgan fingerprint density at radius 2 is 1.60 bits per heavy atom. The molecule has 0 atom stereocenters. The molecule has 0 bridgehead atoms. The highest BCUT2D eigenvalue weighted by atomic mass is 32.1. The normalized spacial score (nSPS) is 9.90. The molecule has 0 nitrogen and oxygen atoms in total. The highest BCUT2D eigenvalue weighted by Gasteiger charge is 1.92. The SMILES string of the molecule is CCc1cc(S)cc(S)c1. The molecule has 0 unspecified atom stereocenters. The standard InChI is InChI=1S/C8H10S2/c1-2-6-3-7(9)5-8(10)4-6/h3-5,9-10H,2H2,1H3. The number of thiol groups is 2. The van der Waals surface area contributed by atoms with Crippen molar-refractivity contribution < 1.29 is 0 Å². The van der Waals surface area contributed by atoms with Crippen LogP contribution in [0.15, 0.2) is 28.0 Å². The van der Waals surface area contributed by atoms with Crippen LogP contribution in [0.2, 0.25) is 0 Å². The number of aryl methyl sites for hydroxylation is 1. The van der Waals surface area contributed by atoms with Crippen LogP contribution in [-0.4, -0.2) is 0 Å². The van der Waals surface area contributed by atoms with Gasteiger partial charge in [-0.25, -0.2) is 0 Å². The van der Waals surface area contributed by atoms with Crippen LogP contribution in [-0.2, 0) is 6.42 Å². The highest BCUT2D eigenvalue weighted by Crippen LogP contribution is 2.16. The zero-order valence-corrected chi connectivity index (χ0v) is 7.62. The molecule has 0 N–H and O–H groups in total. The second kappa shape index (κ2) is 3.35. The monoisotopic (exact) mass is 170 g/mol. The first-order chi connectivity index (χ1) is 4.72. The van der Waals surface area contributed by atoms with Gasteiger partial charge in [0.25, 0.3) is 0 Å². The topological polar surface area (TPSA) is 0 Å². The molecule has 1 rings (SSSR count). The molecule has 0 aliphatic heterocycles. The van der Waals surface area contributed by atoms with Crippen molar-refractivity contribution in [3.63, 3.8) is 0 Å². The number of hydrogen-bond acceptors (Lipinski definition) is 2. The Morgan fingerprint density at radius 1 is 1.10 bits per heavy atom. The average molecular weight is 170 g/mol. The predicted octanol–water partition coefficient (Wildman–Crippen LogP) is 2.83. The summed E-state index contributed by atoms with van der Waals surface area (Å²) in [6, 6.07) is 6.05. The second-order valence-corrected chi connectivity index (χ2v) is 3.24. The van der Waals surface area contributed by atoms with E-state index in [0.29, 0.717) is 0 Å². The van der Waals surface area contributed by atoms with E-state index < -0.39 is 0 Å². The molecular weight excluding hydrogens is 160 g/mol. The third-order valence-corrected chi connectivity index (χ3v) is 1.89. The van der Waals surface area contributed by atoms with Gasteiger partial charge in [0.1, 0.15) is 0 Å². The molecule has 0 saturated carbocycles. The van der Waals surface area contributed by atoms with Crippen LogP contribution in [0, 0.1) is 0 Å². The van der Waals surface area contributed by atoms with Crippen molar-refractivity contribution in [3.05, 3.63) is 23.8 Å². The van der Waals surface area contributed by atoms with Gasteiger partial charge in [-0.3, -0.25) is 0 Å². The highest BCUT2D eigenvalue weighted by molar-refractivity contribution is 7.81. The maximum absolute atomic E-state index is 4.23. The van der Waals surface area contributed by atoms with E-state index in [-0.39, 0.29) is 0 Å². The van der Waals surface area contributed by atoms with E-state index in [2.05, 4.69) is 44.3 Å². The van der Waals surface area contributed by atoms with Crippen LogP contribution in [0.5, 0.6) is 0 Å². The summed E-state index contributed by atoms with van der Waals surface area (Å²) >= 11 is 8.46. The van der Waals surface area contributed by atoms with Gasteiger partial charge in [0.05, 0.1) is 0 Å². The van der Waals surface area contributed by atoms with E-state index in [1.165, 1.54) is 5.56 Å². The molecule has 54 valence electrons. The van der Waals surface area contributed by atoms with Gasteiger partial charge in [-0.05, 0) is 30.2 Å². The van der Waals surface area contributed by atoms with Crippen LogP contribution in [0.1, 0.15) is 12.5 Å². The zero-order valence-electron chi connectivity index (χ0n) is 5.83. The Bertz CT molecular complexity index is 210. The van der Waals surface area contributed by atoms with Gasteiger partial charge < -0.3 is 0 Å². The quantitative estimate of drug-likeness (QED) is 0.595. The Kier molecular flexibility index (Phi) is 2.69. The Labute approximate surface area is 72.5 Å². The van der Waals surface area contributed by atoms with Crippen LogP contribution >= 0.6 is 25.3 Å². The van der Waals surface area contributed by atoms with E-state index in [4.69, 9.17) is 0 Å². The minimum atomic E-state index is 0.990. The molecule has 1 aromatic rings. The molecule has 0 heterocycles. The first-order valence-electron chi connectivity index (χ1n) is 3.24. The van der Waals surface area contributed by atoms with Gasteiger partial charge in [-0.15, -0.1) is 25.3 Å². The molecule has 0 amide bonds. The van der Waals surface area contributed by atoms with Crippen molar-refractivity contribution in [2.75, 3.05) is 0 Å². The van der Waals surface area contributed by atoms with Crippen molar-refractivity contribution in [3.8, 4) is 0 Å². The number of hydrogen-bond donors (Lipinski definition) is 2. The molecule has 0 fully saturated rings. The average Bonchev–Trinajstić information content (AvgIpc) is 1.85. The largest absolute Gasteiger partial charge is 0.143 e. The summed E-state index contributed by atoms with van der Waals surface area (Å²) in [5.74, 6) is 0. The van der Waals surface area contributed by atoms with Crippen LogP contribution in [0.3, 0.4) is 0 Å². The maximum atomic E-state index is 4.23. The molecule has 0 radical (unpaired) electrons. The summed E-state index contributed by atoms with van der Waals surface area (Å²) in [5, 5.41) is 0. The van der Waals surface area contributed by atoms with E-state index in [1.54, 1.807) is 0 Å². The van der Waals surface area contributed by atoms with Crippen LogP contribution < -0.4 is 0 Å². The fraction of sp³-hybridized carbons (Fsp3) is 0.250.